The van der Waals surface area contributed by atoms with Crippen LogP contribution in [0.1, 0.15) is 45.6 Å². The van der Waals surface area contributed by atoms with E-state index in [4.69, 9.17) is 4.74 Å². The number of amidine groups is 1. The predicted molar refractivity (Wildman–Crippen MR) is 104 cm³/mol. The molecule has 1 aliphatic heterocycles. The summed E-state index contributed by atoms with van der Waals surface area (Å²) in [5.74, 6) is -0.633. The van der Waals surface area contributed by atoms with Gasteiger partial charge in [-0.1, -0.05) is 39.3 Å². The molecule has 0 spiro atoms. The Morgan fingerprint density at radius 1 is 1.34 bits per heavy atom. The molecule has 3 amide bonds. The Morgan fingerprint density at radius 3 is 2.48 bits per heavy atom. The van der Waals surface area contributed by atoms with Gasteiger partial charge in [-0.05, 0) is 43.4 Å². The number of carbonyl (C=O) groups is 3. The van der Waals surface area contributed by atoms with Crippen LogP contribution in [0.3, 0.4) is 0 Å². The van der Waals surface area contributed by atoms with Crippen LogP contribution in [0.25, 0.3) is 0 Å². The molecule has 1 aliphatic rings. The summed E-state index contributed by atoms with van der Waals surface area (Å²) in [5.41, 5.74) is -0.0828. The predicted octanol–water partition coefficient (Wildman–Crippen LogP) is -1.09. The number of ether oxygens (including phenoxy) is 1. The van der Waals surface area contributed by atoms with Crippen molar-refractivity contribution in [3.8, 4) is 5.75 Å². The van der Waals surface area contributed by atoms with Gasteiger partial charge < -0.3 is 20.5 Å². The normalized spacial score (nSPS) is 18.9. The number of aryl methyl sites for hydroxylation is 1. The van der Waals surface area contributed by atoms with Gasteiger partial charge in [0, 0.05) is 7.05 Å². The molecule has 0 fully saturated rings. The zero-order valence-electron chi connectivity index (χ0n) is 18.0. The van der Waals surface area contributed by atoms with E-state index >= 15 is 0 Å². The fourth-order valence-corrected chi connectivity index (χ4v) is 3.14. The third kappa shape index (κ3) is 7.13. The molecule has 8 nitrogen and oxygen atoms in total. The Kier molecular flexibility index (Phi) is 11.8. The molecule has 1 aromatic rings. The number of carbonyl (C=O) groups excluding carboxylic acids is 3. The maximum absolute atomic E-state index is 11.9. The van der Waals surface area contributed by atoms with E-state index in [2.05, 4.69) is 15.6 Å². The summed E-state index contributed by atoms with van der Waals surface area (Å²) >= 11 is 0. The van der Waals surface area contributed by atoms with Gasteiger partial charge in [0.1, 0.15) is 11.2 Å². The van der Waals surface area contributed by atoms with Gasteiger partial charge in [-0.15, -0.1) is 0 Å². The first-order chi connectivity index (χ1) is 13.2. The smallest absolute Gasteiger partial charge is 0.846 e. The Labute approximate surface area is 193 Å². The third-order valence-corrected chi connectivity index (χ3v) is 4.74. The minimum atomic E-state index is -1.15. The SMILES string of the molecule is CCCC(C)C1(CC)C(=O)N=C([O-])NC1=O.CNC(=O)Oc1cccc(C)c1.[Na+]. The van der Waals surface area contributed by atoms with E-state index in [1.165, 1.54) is 7.05 Å². The standard InChI is InChI=1S/C11H18N2O3.C9H11NO2.Na/c1-4-6-7(3)11(5-2)8(14)12-10(16)13-9(11)15;1-7-4-3-5-8(6-7)12-9(11)10-2;/h7H,4-6H2,1-3H3,(H2,12,13,14,15,16);3-6H,1-2H3,(H,10,11);/q;;+1/p-1. The fourth-order valence-electron chi connectivity index (χ4n) is 3.14. The Morgan fingerprint density at radius 2 is 2.00 bits per heavy atom. The molecule has 0 aliphatic carbocycles. The van der Waals surface area contributed by atoms with Gasteiger partial charge in [0.05, 0.1) is 6.02 Å². The van der Waals surface area contributed by atoms with Crippen molar-refractivity contribution < 1.29 is 53.8 Å². The first-order valence-corrected chi connectivity index (χ1v) is 9.29. The van der Waals surface area contributed by atoms with Crippen LogP contribution in [0.2, 0.25) is 0 Å². The van der Waals surface area contributed by atoms with Gasteiger partial charge in [0.25, 0.3) is 5.91 Å². The summed E-state index contributed by atoms with van der Waals surface area (Å²) in [6.45, 7) is 7.56. The van der Waals surface area contributed by atoms with Gasteiger partial charge in [-0.25, -0.2) is 9.79 Å². The van der Waals surface area contributed by atoms with Crippen LogP contribution >= 0.6 is 0 Å². The van der Waals surface area contributed by atoms with E-state index < -0.39 is 29.3 Å². The maximum atomic E-state index is 11.9. The van der Waals surface area contributed by atoms with Crippen molar-refractivity contribution in [2.45, 2.75) is 47.0 Å². The van der Waals surface area contributed by atoms with Gasteiger partial charge in [-0.2, -0.15) is 0 Å². The monoisotopic (exact) mass is 413 g/mol. The van der Waals surface area contributed by atoms with Crippen LogP contribution in [-0.2, 0) is 9.59 Å². The van der Waals surface area contributed by atoms with Gasteiger partial charge >= 0.3 is 35.7 Å². The molecule has 0 saturated carbocycles. The summed E-state index contributed by atoms with van der Waals surface area (Å²) in [7, 11) is 1.53. The van der Waals surface area contributed by atoms with E-state index in [0.717, 1.165) is 18.4 Å². The van der Waals surface area contributed by atoms with E-state index in [0.29, 0.717) is 12.2 Å². The summed E-state index contributed by atoms with van der Waals surface area (Å²) in [6.07, 6.45) is 1.57. The molecular weight excluding hydrogens is 385 g/mol. The number of amides is 3. The Balaban J connectivity index is 0.000000542. The molecule has 1 aromatic carbocycles. The first-order valence-electron chi connectivity index (χ1n) is 9.29. The molecular formula is C20H28N3NaO5. The largest absolute Gasteiger partial charge is 1.00 e. The second-order valence-corrected chi connectivity index (χ2v) is 6.65. The van der Waals surface area contributed by atoms with E-state index in [-0.39, 0.29) is 35.5 Å². The summed E-state index contributed by atoms with van der Waals surface area (Å²) in [5, 5.41) is 15.4. The van der Waals surface area contributed by atoms with Crippen LogP contribution in [0.4, 0.5) is 4.79 Å². The van der Waals surface area contributed by atoms with Crippen molar-refractivity contribution in [2.24, 2.45) is 16.3 Å². The molecule has 2 rings (SSSR count). The number of nitrogens with one attached hydrogen (secondary N) is 2. The number of benzene rings is 1. The molecule has 0 bridgehead atoms. The van der Waals surface area contributed by atoms with Crippen molar-refractivity contribution >= 4 is 23.9 Å². The topological polar surface area (TPSA) is 120 Å². The number of rotatable bonds is 5. The molecule has 9 heteroatoms. The summed E-state index contributed by atoms with van der Waals surface area (Å²) in [6, 6.07) is 6.48. The van der Waals surface area contributed by atoms with Gasteiger partial charge in [0.2, 0.25) is 5.91 Å². The average Bonchev–Trinajstić information content (AvgIpc) is 2.62. The number of aliphatic imine (C=N–C) groups is 1. The van der Waals surface area contributed by atoms with Gasteiger partial charge in [0.15, 0.2) is 0 Å². The van der Waals surface area contributed by atoms with Crippen molar-refractivity contribution in [1.82, 2.24) is 10.6 Å². The Hall–Kier alpha value is -1.90. The first kappa shape index (κ1) is 27.1. The van der Waals surface area contributed by atoms with Gasteiger partial charge in [-0.3, -0.25) is 9.59 Å². The van der Waals surface area contributed by atoms with Crippen molar-refractivity contribution in [3.63, 3.8) is 0 Å². The van der Waals surface area contributed by atoms with Crippen molar-refractivity contribution in [3.05, 3.63) is 29.8 Å². The molecule has 154 valence electrons. The van der Waals surface area contributed by atoms with Crippen LogP contribution in [-0.4, -0.2) is 31.0 Å². The van der Waals surface area contributed by atoms with E-state index in [9.17, 15) is 19.5 Å². The quantitative estimate of drug-likeness (QED) is 0.470. The molecule has 29 heavy (non-hydrogen) atoms. The fraction of sp³-hybridized carbons (Fsp3) is 0.500. The molecule has 2 atom stereocenters. The Bertz CT molecular complexity index is 753. The zero-order chi connectivity index (χ0) is 21.3. The minimum absolute atomic E-state index is 0. The zero-order valence-corrected chi connectivity index (χ0v) is 20.0. The number of nitrogens with zero attached hydrogens (tertiary/aromatic N) is 1. The van der Waals surface area contributed by atoms with Crippen molar-refractivity contribution in [2.75, 3.05) is 7.05 Å². The molecule has 0 aromatic heterocycles. The van der Waals surface area contributed by atoms with E-state index in [1.54, 1.807) is 19.1 Å². The summed E-state index contributed by atoms with van der Waals surface area (Å²) < 4.78 is 4.89. The maximum Gasteiger partial charge on any atom is 1.00 e. The molecule has 2 unspecified atom stereocenters. The van der Waals surface area contributed by atoms with E-state index in [1.807, 2.05) is 32.9 Å². The second-order valence-electron chi connectivity index (χ2n) is 6.65. The van der Waals surface area contributed by atoms with Crippen LogP contribution in [0, 0.1) is 18.3 Å². The van der Waals surface area contributed by atoms with Crippen LogP contribution in [0.15, 0.2) is 29.3 Å². The minimum Gasteiger partial charge on any atom is -0.846 e. The van der Waals surface area contributed by atoms with Crippen molar-refractivity contribution in [1.29, 1.82) is 0 Å². The summed E-state index contributed by atoms with van der Waals surface area (Å²) in [4.78, 5) is 37.8. The van der Waals surface area contributed by atoms with Crippen LogP contribution < -0.4 is 50.0 Å². The molecule has 0 radical (unpaired) electrons. The number of hydrogen-bond acceptors (Lipinski definition) is 5. The molecule has 2 N–H and O–H groups in total. The average molecular weight is 413 g/mol. The third-order valence-electron chi connectivity index (χ3n) is 4.74. The molecule has 1 heterocycles. The molecule has 0 saturated heterocycles. The number of hydrogen-bond donors (Lipinski definition) is 2. The van der Waals surface area contributed by atoms with Crippen LogP contribution in [0.5, 0.6) is 5.75 Å². The second kappa shape index (κ2) is 12.6.